The van der Waals surface area contributed by atoms with Crippen molar-refractivity contribution in [3.63, 3.8) is 0 Å². The Bertz CT molecular complexity index is 869. The summed E-state index contributed by atoms with van der Waals surface area (Å²) in [6.07, 6.45) is -4.76. The molecule has 0 saturated heterocycles. The Morgan fingerprint density at radius 2 is 1.70 bits per heavy atom. The summed E-state index contributed by atoms with van der Waals surface area (Å²) in [7, 11) is 0. The van der Waals surface area contributed by atoms with Gasteiger partial charge in [0.2, 0.25) is 5.78 Å². The first-order valence-electron chi connectivity index (χ1n) is 6.43. The zero-order valence-corrected chi connectivity index (χ0v) is 12.9. The van der Waals surface area contributed by atoms with Gasteiger partial charge in [-0.15, -0.1) is 24.5 Å². The quantitative estimate of drug-likeness (QED) is 0.564. The van der Waals surface area contributed by atoms with Gasteiger partial charge in [0.1, 0.15) is 5.75 Å². The fourth-order valence-corrected chi connectivity index (χ4v) is 3.58. The fraction of sp³-hybridized carbons (Fsp3) is 0.0625. The smallest absolute Gasteiger partial charge is 0.406 e. The van der Waals surface area contributed by atoms with E-state index in [9.17, 15) is 18.0 Å². The van der Waals surface area contributed by atoms with Crippen LogP contribution in [0.1, 0.15) is 15.2 Å². The number of halogens is 4. The summed E-state index contributed by atoms with van der Waals surface area (Å²) in [5.74, 6) is -0.716. The SMILES string of the molecule is O=C(c1ccc(OC(F)(F)F)cc1)c1sc2ccccc2c1Cl. The Hall–Kier alpha value is -2.05. The van der Waals surface area contributed by atoms with Crippen molar-refractivity contribution in [1.29, 1.82) is 0 Å². The van der Waals surface area contributed by atoms with Crippen molar-refractivity contribution in [2.45, 2.75) is 6.36 Å². The van der Waals surface area contributed by atoms with Crippen LogP contribution in [0.15, 0.2) is 48.5 Å². The standard InChI is InChI=1S/C16H8ClF3O2S/c17-13-11-3-1-2-4-12(11)23-15(13)14(21)9-5-7-10(8-6-9)22-16(18,19)20/h1-8H. The van der Waals surface area contributed by atoms with Crippen LogP contribution in [0.5, 0.6) is 5.75 Å². The van der Waals surface area contributed by atoms with E-state index < -0.39 is 6.36 Å². The van der Waals surface area contributed by atoms with Crippen LogP contribution in [0, 0.1) is 0 Å². The molecule has 23 heavy (non-hydrogen) atoms. The van der Waals surface area contributed by atoms with Crippen LogP contribution in [0.25, 0.3) is 10.1 Å². The molecule has 2 nitrogen and oxygen atoms in total. The predicted octanol–water partition coefficient (Wildman–Crippen LogP) is 5.68. The van der Waals surface area contributed by atoms with Gasteiger partial charge in [0, 0.05) is 15.6 Å². The molecule has 0 spiro atoms. The number of rotatable bonds is 3. The van der Waals surface area contributed by atoms with Crippen molar-refractivity contribution < 1.29 is 22.7 Å². The first-order valence-corrected chi connectivity index (χ1v) is 7.62. The second-order valence-corrected chi connectivity index (χ2v) is 6.07. The number of carbonyl (C=O) groups excluding carboxylic acids is 1. The molecule has 1 aromatic heterocycles. The number of ketones is 1. The molecule has 0 N–H and O–H groups in total. The lowest BCUT2D eigenvalue weighted by molar-refractivity contribution is -0.274. The Morgan fingerprint density at radius 3 is 2.30 bits per heavy atom. The molecule has 0 bridgehead atoms. The van der Waals surface area contributed by atoms with Crippen LogP contribution < -0.4 is 4.74 Å². The normalized spacial score (nSPS) is 11.7. The Kier molecular flexibility index (Phi) is 4.04. The summed E-state index contributed by atoms with van der Waals surface area (Å²) >= 11 is 7.48. The van der Waals surface area contributed by atoms with E-state index in [0.29, 0.717) is 9.90 Å². The Labute approximate surface area is 138 Å². The summed E-state index contributed by atoms with van der Waals surface area (Å²) in [6.45, 7) is 0. The highest BCUT2D eigenvalue weighted by Gasteiger charge is 2.31. The van der Waals surface area contributed by atoms with E-state index >= 15 is 0 Å². The number of alkyl halides is 3. The van der Waals surface area contributed by atoms with Gasteiger partial charge in [-0.2, -0.15) is 0 Å². The second kappa shape index (κ2) is 5.86. The van der Waals surface area contributed by atoms with Gasteiger partial charge in [-0.1, -0.05) is 29.8 Å². The van der Waals surface area contributed by atoms with E-state index in [0.717, 1.165) is 22.2 Å². The van der Waals surface area contributed by atoms with Crippen LogP contribution >= 0.6 is 22.9 Å². The van der Waals surface area contributed by atoms with Gasteiger partial charge in [-0.3, -0.25) is 4.79 Å². The molecule has 0 aliphatic carbocycles. The minimum Gasteiger partial charge on any atom is -0.406 e. The van der Waals surface area contributed by atoms with Crippen LogP contribution in [0.4, 0.5) is 13.2 Å². The van der Waals surface area contributed by atoms with Crippen molar-refractivity contribution in [1.82, 2.24) is 0 Å². The van der Waals surface area contributed by atoms with Crippen LogP contribution in [-0.2, 0) is 0 Å². The van der Waals surface area contributed by atoms with Gasteiger partial charge in [-0.05, 0) is 30.3 Å². The third kappa shape index (κ3) is 3.33. The molecule has 7 heteroatoms. The summed E-state index contributed by atoms with van der Waals surface area (Å²) in [4.78, 5) is 12.9. The highest BCUT2D eigenvalue weighted by Crippen LogP contribution is 2.36. The van der Waals surface area contributed by atoms with E-state index in [1.54, 1.807) is 0 Å². The van der Waals surface area contributed by atoms with Crippen molar-refractivity contribution in [3.8, 4) is 5.75 Å². The first kappa shape index (κ1) is 15.8. The maximum absolute atomic E-state index is 12.5. The van der Waals surface area contributed by atoms with Gasteiger partial charge < -0.3 is 4.74 Å². The summed E-state index contributed by atoms with van der Waals surface area (Å²) < 4.78 is 41.0. The minimum absolute atomic E-state index is 0.244. The lowest BCUT2D eigenvalue weighted by Crippen LogP contribution is -2.17. The van der Waals surface area contributed by atoms with Crippen molar-refractivity contribution in [2.24, 2.45) is 0 Å². The number of hydrogen-bond donors (Lipinski definition) is 0. The van der Waals surface area contributed by atoms with Crippen LogP contribution in [0.2, 0.25) is 5.02 Å². The predicted molar refractivity (Wildman–Crippen MR) is 83.4 cm³/mol. The average molecular weight is 357 g/mol. The summed E-state index contributed by atoms with van der Waals surface area (Å²) in [6, 6.07) is 12.1. The molecule has 0 aliphatic rings. The van der Waals surface area contributed by atoms with Gasteiger partial charge in [0.15, 0.2) is 0 Å². The lowest BCUT2D eigenvalue weighted by atomic mass is 10.1. The highest BCUT2D eigenvalue weighted by atomic mass is 35.5. The molecule has 0 aliphatic heterocycles. The number of ether oxygens (including phenoxy) is 1. The molecule has 0 saturated carbocycles. The van der Waals surface area contributed by atoms with Gasteiger partial charge in [0.05, 0.1) is 9.90 Å². The topological polar surface area (TPSA) is 26.3 Å². The number of thiophene rings is 1. The van der Waals surface area contributed by atoms with Crippen molar-refractivity contribution in [2.75, 3.05) is 0 Å². The van der Waals surface area contributed by atoms with Crippen LogP contribution in [-0.4, -0.2) is 12.1 Å². The third-order valence-corrected chi connectivity index (χ3v) is 4.77. The molecule has 3 rings (SSSR count). The van der Waals surface area contributed by atoms with Gasteiger partial charge in [0.25, 0.3) is 0 Å². The summed E-state index contributed by atoms with van der Waals surface area (Å²) in [5, 5.41) is 1.13. The zero-order valence-electron chi connectivity index (χ0n) is 11.4. The Morgan fingerprint density at radius 1 is 1.04 bits per heavy atom. The molecule has 0 amide bonds. The number of fused-ring (bicyclic) bond motifs is 1. The van der Waals surface area contributed by atoms with E-state index in [4.69, 9.17) is 11.6 Å². The van der Waals surface area contributed by atoms with Gasteiger partial charge >= 0.3 is 6.36 Å². The highest BCUT2D eigenvalue weighted by molar-refractivity contribution is 7.21. The minimum atomic E-state index is -4.76. The third-order valence-electron chi connectivity index (χ3n) is 3.09. The molecule has 0 radical (unpaired) electrons. The molecule has 1 heterocycles. The van der Waals surface area contributed by atoms with Crippen molar-refractivity contribution in [3.05, 3.63) is 64.0 Å². The largest absolute Gasteiger partial charge is 0.573 e. The number of carbonyl (C=O) groups is 1. The van der Waals surface area contributed by atoms with E-state index in [1.807, 2.05) is 24.3 Å². The molecule has 118 valence electrons. The molecule has 0 fully saturated rings. The number of benzene rings is 2. The van der Waals surface area contributed by atoms with Gasteiger partial charge in [-0.25, -0.2) is 0 Å². The van der Waals surface area contributed by atoms with Crippen molar-refractivity contribution >= 4 is 38.8 Å². The maximum atomic E-state index is 12.5. The fourth-order valence-electron chi connectivity index (χ4n) is 2.10. The van der Waals surface area contributed by atoms with E-state index in [1.165, 1.54) is 23.5 Å². The second-order valence-electron chi connectivity index (χ2n) is 4.64. The molecule has 0 unspecified atom stereocenters. The number of hydrogen-bond acceptors (Lipinski definition) is 3. The molecular formula is C16H8ClF3O2S. The monoisotopic (exact) mass is 356 g/mol. The molecular weight excluding hydrogens is 349 g/mol. The zero-order chi connectivity index (χ0) is 16.6. The van der Waals surface area contributed by atoms with E-state index in [-0.39, 0.29) is 17.1 Å². The summed E-state index contributed by atoms with van der Waals surface area (Å²) in [5.41, 5.74) is 0.244. The Balaban J connectivity index is 1.91. The molecule has 2 aromatic carbocycles. The molecule has 0 atom stereocenters. The maximum Gasteiger partial charge on any atom is 0.573 e. The average Bonchev–Trinajstić information content (AvgIpc) is 2.83. The molecule has 3 aromatic rings. The van der Waals surface area contributed by atoms with E-state index in [2.05, 4.69) is 4.74 Å². The first-order chi connectivity index (χ1) is 10.8. The van der Waals surface area contributed by atoms with Crippen LogP contribution in [0.3, 0.4) is 0 Å². The lowest BCUT2D eigenvalue weighted by Gasteiger charge is -2.08.